The maximum atomic E-state index is 13.7. The molecule has 2 aromatic rings. The number of nitrogens with zero attached hydrogens (tertiary/aromatic N) is 3. The van der Waals surface area contributed by atoms with Crippen molar-refractivity contribution in [1.82, 2.24) is 19.5 Å². The molecular weight excluding hydrogens is 273 g/mol. The van der Waals surface area contributed by atoms with E-state index < -0.39 is 36.8 Å². The van der Waals surface area contributed by atoms with Crippen LogP contribution in [0.25, 0.3) is 11.2 Å². The van der Waals surface area contributed by atoms with Crippen molar-refractivity contribution in [3.05, 3.63) is 16.7 Å². The van der Waals surface area contributed by atoms with Gasteiger partial charge in [-0.3, -0.25) is 14.3 Å². The summed E-state index contributed by atoms with van der Waals surface area (Å²) in [4.78, 5) is 21.6. The third kappa shape index (κ3) is 1.77. The molecule has 1 aliphatic rings. The van der Waals surface area contributed by atoms with Crippen LogP contribution in [0.15, 0.2) is 11.1 Å². The molecule has 108 valence electrons. The van der Waals surface area contributed by atoms with Crippen molar-refractivity contribution in [3.8, 4) is 0 Å². The van der Waals surface area contributed by atoms with E-state index in [1.165, 1.54) is 10.9 Å². The number of imidazole rings is 1. The summed E-state index contributed by atoms with van der Waals surface area (Å²) in [6.45, 7) is -0.572. The summed E-state index contributed by atoms with van der Waals surface area (Å²) in [7, 11) is 0. The lowest BCUT2D eigenvalue weighted by Crippen LogP contribution is -2.29. The molecule has 1 fully saturated rings. The second-order valence-corrected chi connectivity index (χ2v) is 4.46. The smallest absolute Gasteiger partial charge is 0.280 e. The number of hydrogen-bond donors (Lipinski definition) is 4. The van der Waals surface area contributed by atoms with Gasteiger partial charge in [-0.15, -0.1) is 0 Å². The molecule has 9 nitrogen and oxygen atoms in total. The standard InChI is InChI=1S/C10H12FN5O4/c11-4-3(1-17)20-9(6(4)18)16-2-13-5-7(16)14-10(12)15-8(5)19/h2-4,6,9,17-18H,1H2,(H3,12,14,15,19)/t3-,4?,6-,9-/m1/s1. The molecule has 1 aliphatic heterocycles. The van der Waals surface area contributed by atoms with Crippen molar-refractivity contribution in [1.29, 1.82) is 0 Å². The number of fused-ring (bicyclic) bond motifs is 1. The fourth-order valence-electron chi connectivity index (χ4n) is 2.21. The van der Waals surface area contributed by atoms with E-state index >= 15 is 0 Å². The summed E-state index contributed by atoms with van der Waals surface area (Å²) in [6.07, 6.45) is -4.34. The number of rotatable bonds is 2. The Labute approximate surface area is 110 Å². The zero-order valence-corrected chi connectivity index (χ0v) is 10.1. The van der Waals surface area contributed by atoms with E-state index in [0.29, 0.717) is 0 Å². The van der Waals surface area contributed by atoms with Gasteiger partial charge in [0, 0.05) is 0 Å². The van der Waals surface area contributed by atoms with E-state index in [1.807, 2.05) is 0 Å². The number of nitrogens with two attached hydrogens (primary N) is 1. The zero-order chi connectivity index (χ0) is 14.4. The predicted molar refractivity (Wildman–Crippen MR) is 64.5 cm³/mol. The molecule has 3 heterocycles. The Hall–Kier alpha value is -2.04. The molecule has 0 bridgehead atoms. The van der Waals surface area contributed by atoms with Gasteiger partial charge >= 0.3 is 0 Å². The maximum Gasteiger partial charge on any atom is 0.280 e. The quantitative estimate of drug-likeness (QED) is 0.515. The summed E-state index contributed by atoms with van der Waals surface area (Å²) in [5.74, 6) is -0.132. The first-order valence-corrected chi connectivity index (χ1v) is 5.83. The van der Waals surface area contributed by atoms with Crippen LogP contribution in [0.2, 0.25) is 0 Å². The lowest BCUT2D eigenvalue weighted by molar-refractivity contribution is -0.0495. The minimum atomic E-state index is -1.75. The number of alkyl halides is 1. The zero-order valence-electron chi connectivity index (χ0n) is 10.1. The van der Waals surface area contributed by atoms with E-state index in [0.717, 1.165) is 0 Å². The average molecular weight is 285 g/mol. The van der Waals surface area contributed by atoms with Crippen LogP contribution in [-0.2, 0) is 4.74 Å². The van der Waals surface area contributed by atoms with Crippen LogP contribution < -0.4 is 11.3 Å². The van der Waals surface area contributed by atoms with Crippen LogP contribution in [-0.4, -0.2) is 54.7 Å². The number of hydrogen-bond acceptors (Lipinski definition) is 7. The number of ether oxygens (including phenoxy) is 1. The molecule has 4 atom stereocenters. The summed E-state index contributed by atoms with van der Waals surface area (Å²) >= 11 is 0. The molecule has 3 rings (SSSR count). The van der Waals surface area contributed by atoms with E-state index in [-0.39, 0.29) is 17.1 Å². The molecule has 0 aromatic carbocycles. The monoisotopic (exact) mass is 285 g/mol. The summed E-state index contributed by atoms with van der Waals surface area (Å²) in [5.41, 5.74) is 4.96. The number of anilines is 1. The normalized spacial score (nSPS) is 30.1. The first-order valence-electron chi connectivity index (χ1n) is 5.83. The third-order valence-electron chi connectivity index (χ3n) is 3.19. The van der Waals surface area contributed by atoms with Gasteiger partial charge in [0.05, 0.1) is 12.9 Å². The molecular formula is C10H12FN5O4. The molecule has 1 saturated heterocycles. The number of nitrogens with one attached hydrogen (secondary N) is 1. The number of nitrogen functional groups attached to an aromatic ring is 1. The van der Waals surface area contributed by atoms with Gasteiger partial charge < -0.3 is 20.7 Å². The molecule has 0 amide bonds. The number of aliphatic hydroxyl groups excluding tert-OH is 2. The highest BCUT2D eigenvalue weighted by Crippen LogP contribution is 2.32. The first-order chi connectivity index (χ1) is 9.52. The van der Waals surface area contributed by atoms with E-state index in [2.05, 4.69) is 15.0 Å². The van der Waals surface area contributed by atoms with Crippen molar-refractivity contribution in [2.24, 2.45) is 0 Å². The highest BCUT2D eigenvalue weighted by atomic mass is 19.1. The van der Waals surface area contributed by atoms with E-state index in [4.69, 9.17) is 15.6 Å². The Kier molecular flexibility index (Phi) is 2.92. The van der Waals surface area contributed by atoms with Crippen molar-refractivity contribution in [2.75, 3.05) is 12.3 Å². The van der Waals surface area contributed by atoms with Crippen molar-refractivity contribution in [3.63, 3.8) is 0 Å². The van der Waals surface area contributed by atoms with E-state index in [1.54, 1.807) is 0 Å². The Morgan fingerprint density at radius 1 is 1.60 bits per heavy atom. The van der Waals surface area contributed by atoms with Gasteiger partial charge in [-0.1, -0.05) is 0 Å². The highest BCUT2D eigenvalue weighted by Gasteiger charge is 2.45. The van der Waals surface area contributed by atoms with Crippen LogP contribution in [0.1, 0.15) is 6.23 Å². The molecule has 0 aliphatic carbocycles. The maximum absolute atomic E-state index is 13.7. The lowest BCUT2D eigenvalue weighted by Gasteiger charge is -2.15. The topological polar surface area (TPSA) is 139 Å². The summed E-state index contributed by atoms with van der Waals surface area (Å²) in [6, 6.07) is 0. The fraction of sp³-hybridized carbons (Fsp3) is 0.500. The van der Waals surface area contributed by atoms with Gasteiger partial charge in [0.2, 0.25) is 5.95 Å². The molecule has 10 heteroatoms. The van der Waals surface area contributed by atoms with Crippen LogP contribution in [0.4, 0.5) is 10.3 Å². The van der Waals surface area contributed by atoms with Crippen molar-refractivity contribution < 1.29 is 19.3 Å². The number of halogens is 1. The SMILES string of the molecule is Nc1nc2c(ncn2[C@@H]2O[C@H](CO)C(F)[C@H]2O)c(=O)[nH]1. The molecule has 0 spiro atoms. The van der Waals surface area contributed by atoms with E-state index in [9.17, 15) is 14.3 Å². The van der Waals surface area contributed by atoms with Gasteiger partial charge in [-0.25, -0.2) is 9.37 Å². The van der Waals surface area contributed by atoms with Gasteiger partial charge in [0.25, 0.3) is 5.56 Å². The molecule has 0 radical (unpaired) electrons. The summed E-state index contributed by atoms with van der Waals surface area (Å²) < 4.78 is 20.1. The molecule has 5 N–H and O–H groups in total. The largest absolute Gasteiger partial charge is 0.394 e. The number of aromatic nitrogens is 4. The van der Waals surface area contributed by atoms with Crippen molar-refractivity contribution >= 4 is 17.1 Å². The number of aromatic amines is 1. The highest BCUT2D eigenvalue weighted by molar-refractivity contribution is 5.70. The van der Waals surface area contributed by atoms with Crippen LogP contribution in [0, 0.1) is 0 Å². The third-order valence-corrected chi connectivity index (χ3v) is 3.19. The van der Waals surface area contributed by atoms with Crippen LogP contribution >= 0.6 is 0 Å². The number of H-pyrrole nitrogens is 1. The van der Waals surface area contributed by atoms with Crippen LogP contribution in [0.5, 0.6) is 0 Å². The number of aliphatic hydroxyl groups is 2. The van der Waals surface area contributed by atoms with Gasteiger partial charge in [0.1, 0.15) is 12.2 Å². The minimum Gasteiger partial charge on any atom is -0.394 e. The summed E-state index contributed by atoms with van der Waals surface area (Å²) in [5, 5.41) is 18.8. The fourth-order valence-corrected chi connectivity index (χ4v) is 2.21. The first kappa shape index (κ1) is 13.0. The average Bonchev–Trinajstić information content (AvgIpc) is 2.93. The lowest BCUT2D eigenvalue weighted by atomic mass is 10.1. The minimum absolute atomic E-state index is 0.00198. The Bertz CT molecular complexity index is 701. The van der Waals surface area contributed by atoms with Gasteiger partial charge in [-0.05, 0) is 0 Å². The molecule has 1 unspecified atom stereocenters. The Morgan fingerprint density at radius 2 is 2.35 bits per heavy atom. The second kappa shape index (κ2) is 4.51. The van der Waals surface area contributed by atoms with Crippen LogP contribution in [0.3, 0.4) is 0 Å². The van der Waals surface area contributed by atoms with Crippen molar-refractivity contribution in [2.45, 2.75) is 24.6 Å². The van der Waals surface area contributed by atoms with Gasteiger partial charge in [-0.2, -0.15) is 4.98 Å². The Morgan fingerprint density at radius 3 is 3.00 bits per heavy atom. The second-order valence-electron chi connectivity index (χ2n) is 4.46. The molecule has 2 aromatic heterocycles. The molecule has 0 saturated carbocycles. The van der Waals surface area contributed by atoms with Gasteiger partial charge in [0.15, 0.2) is 23.6 Å². The predicted octanol–water partition coefficient (Wildman–Crippen LogP) is -1.71. The molecule has 20 heavy (non-hydrogen) atoms. The Balaban J connectivity index is 2.09.